The molecule has 3 amide bonds. The van der Waals surface area contributed by atoms with Crippen molar-refractivity contribution in [3.05, 3.63) is 41.9 Å². The number of benzene rings is 1. The van der Waals surface area contributed by atoms with Crippen LogP contribution in [0.2, 0.25) is 0 Å². The van der Waals surface area contributed by atoms with Crippen LogP contribution in [-0.2, 0) is 24.4 Å². The van der Waals surface area contributed by atoms with Gasteiger partial charge < -0.3 is 20.7 Å². The van der Waals surface area contributed by atoms with Crippen LogP contribution in [0.5, 0.6) is 5.88 Å². The van der Waals surface area contributed by atoms with E-state index in [9.17, 15) is 27.2 Å². The zero-order chi connectivity index (χ0) is 32.1. The van der Waals surface area contributed by atoms with Crippen molar-refractivity contribution in [3.8, 4) is 5.88 Å². The van der Waals surface area contributed by atoms with E-state index in [4.69, 9.17) is 10.5 Å². The van der Waals surface area contributed by atoms with Crippen molar-refractivity contribution < 1.29 is 31.9 Å². The van der Waals surface area contributed by atoms with Crippen molar-refractivity contribution in [1.29, 1.82) is 0 Å². The molecule has 2 saturated carbocycles. The van der Waals surface area contributed by atoms with Gasteiger partial charge in [-0.1, -0.05) is 31.1 Å². The Hall–Kier alpha value is -3.65. The molecule has 1 saturated heterocycles. The highest BCUT2D eigenvalue weighted by Gasteiger charge is 2.63. The Morgan fingerprint density at radius 2 is 1.98 bits per heavy atom. The van der Waals surface area contributed by atoms with Crippen LogP contribution in [0.15, 0.2) is 30.4 Å². The molecule has 0 radical (unpaired) electrons. The first-order valence-corrected chi connectivity index (χ1v) is 17.0. The smallest absolute Gasteiger partial charge is 0.259 e. The summed E-state index contributed by atoms with van der Waals surface area (Å²) in [5, 5.41) is 2.83. The average Bonchev–Trinajstić information content (AvgIpc) is 3.86. The third-order valence-corrected chi connectivity index (χ3v) is 11.7. The number of carbonyl (C=O) groups is 3. The van der Waals surface area contributed by atoms with E-state index in [1.54, 1.807) is 19.9 Å². The number of nitrogens with two attached hydrogens (primary N) is 1. The first kappa shape index (κ1) is 31.3. The van der Waals surface area contributed by atoms with Crippen LogP contribution in [0.3, 0.4) is 0 Å². The maximum absolute atomic E-state index is 14.5. The number of aromatic nitrogens is 2. The minimum Gasteiger partial charge on any atom is -0.471 e. The molecule has 12 nitrogen and oxygen atoms in total. The summed E-state index contributed by atoms with van der Waals surface area (Å²) in [6.45, 7) is 3.27. The summed E-state index contributed by atoms with van der Waals surface area (Å²) in [4.78, 5) is 51.3. The molecule has 0 spiro atoms. The van der Waals surface area contributed by atoms with Crippen molar-refractivity contribution in [2.24, 2.45) is 11.7 Å². The predicted octanol–water partition coefficient (Wildman–Crippen LogP) is 2.15. The molecule has 45 heavy (non-hydrogen) atoms. The SMILES string of the molecule is Cc1nc2cccc(F)c2nc1OC1CC2C(=O)NC3(C(=O)NS(=O)(=O)C4(C)CC4)CC3C=CCCCCCC(N)C(=O)N2C1. The summed E-state index contributed by atoms with van der Waals surface area (Å²) in [5.74, 6) is -2.69. The summed E-state index contributed by atoms with van der Waals surface area (Å²) in [7, 11) is -3.95. The minimum absolute atomic E-state index is 0.0102. The van der Waals surface area contributed by atoms with Crippen LogP contribution in [-0.4, -0.2) is 76.0 Å². The normalized spacial score (nSPS) is 30.0. The summed E-state index contributed by atoms with van der Waals surface area (Å²) in [5.41, 5.74) is 5.67. The van der Waals surface area contributed by atoms with Crippen LogP contribution < -0.4 is 20.5 Å². The molecule has 5 unspecified atom stereocenters. The van der Waals surface area contributed by atoms with E-state index >= 15 is 0 Å². The van der Waals surface area contributed by atoms with Crippen molar-refractivity contribution >= 4 is 38.8 Å². The molecule has 2 aliphatic heterocycles. The van der Waals surface area contributed by atoms with E-state index in [0.717, 1.165) is 25.7 Å². The maximum atomic E-state index is 14.5. The number of sulfonamides is 1. The number of nitrogens with zero attached hydrogens (tertiary/aromatic N) is 3. The summed E-state index contributed by atoms with van der Waals surface area (Å²) < 4.78 is 47.7. The third kappa shape index (κ3) is 6.01. The van der Waals surface area contributed by atoms with Gasteiger partial charge in [0.1, 0.15) is 28.9 Å². The first-order chi connectivity index (χ1) is 21.3. The van der Waals surface area contributed by atoms with Gasteiger partial charge >= 0.3 is 0 Å². The van der Waals surface area contributed by atoms with Crippen LogP contribution in [0, 0.1) is 18.7 Å². The number of aryl methyl sites for hydroxylation is 1. The number of hydrogen-bond acceptors (Lipinski definition) is 9. The lowest BCUT2D eigenvalue weighted by molar-refractivity contribution is -0.140. The number of halogens is 1. The zero-order valence-corrected chi connectivity index (χ0v) is 26.2. The number of rotatable bonds is 5. The fourth-order valence-corrected chi connectivity index (χ4v) is 7.54. The number of allylic oxidation sites excluding steroid dienone is 1. The van der Waals surface area contributed by atoms with Gasteiger partial charge in [0, 0.05) is 12.3 Å². The van der Waals surface area contributed by atoms with Gasteiger partial charge in [-0.2, -0.15) is 0 Å². The Bertz CT molecular complexity index is 1680. The second kappa shape index (κ2) is 11.6. The van der Waals surface area contributed by atoms with E-state index in [-0.39, 0.29) is 30.8 Å². The molecule has 0 bridgehead atoms. The number of ether oxygens (including phenoxy) is 1. The Labute approximate surface area is 261 Å². The lowest BCUT2D eigenvalue weighted by atomic mass is 10.1. The van der Waals surface area contributed by atoms with Gasteiger partial charge in [-0.05, 0) is 64.5 Å². The summed E-state index contributed by atoms with van der Waals surface area (Å²) >= 11 is 0. The second-order valence-electron chi connectivity index (χ2n) is 13.0. The highest BCUT2D eigenvalue weighted by molar-refractivity contribution is 7.91. The molecule has 3 fully saturated rings. The Morgan fingerprint density at radius 3 is 2.73 bits per heavy atom. The van der Waals surface area contributed by atoms with Gasteiger partial charge in [0.15, 0.2) is 5.82 Å². The van der Waals surface area contributed by atoms with Crippen molar-refractivity contribution in [3.63, 3.8) is 0 Å². The lowest BCUT2D eigenvalue weighted by Crippen LogP contribution is -2.58. The minimum atomic E-state index is -3.95. The molecule has 1 aromatic heterocycles. The Balaban J connectivity index is 1.27. The van der Waals surface area contributed by atoms with Gasteiger partial charge in [0.05, 0.1) is 22.9 Å². The number of amides is 3. The lowest BCUT2D eigenvalue weighted by Gasteiger charge is -2.28. The molecule has 1 aromatic carbocycles. The predicted molar refractivity (Wildman–Crippen MR) is 163 cm³/mol. The molecular formula is C31H39FN6O6S. The van der Waals surface area contributed by atoms with Gasteiger partial charge in [0.25, 0.3) is 5.91 Å². The fourth-order valence-electron chi connectivity index (χ4n) is 6.23. The molecule has 2 aromatic rings. The molecule has 2 aliphatic carbocycles. The molecule has 5 atom stereocenters. The highest BCUT2D eigenvalue weighted by Crippen LogP contribution is 2.47. The van der Waals surface area contributed by atoms with Crippen molar-refractivity contribution in [2.45, 2.75) is 100 Å². The molecule has 242 valence electrons. The van der Waals surface area contributed by atoms with Crippen LogP contribution in [0.4, 0.5) is 4.39 Å². The van der Waals surface area contributed by atoms with E-state index in [1.807, 2.05) is 12.2 Å². The van der Waals surface area contributed by atoms with Gasteiger partial charge in [-0.15, -0.1) is 0 Å². The summed E-state index contributed by atoms with van der Waals surface area (Å²) in [6.07, 6.45) is 7.92. The number of fused-ring (bicyclic) bond motifs is 3. The molecular weight excluding hydrogens is 603 g/mol. The molecule has 3 heterocycles. The maximum Gasteiger partial charge on any atom is 0.259 e. The molecule has 4 aliphatic rings. The Kier molecular flexibility index (Phi) is 8.09. The van der Waals surface area contributed by atoms with Crippen molar-refractivity contribution in [1.82, 2.24) is 24.9 Å². The van der Waals surface area contributed by atoms with E-state index < -0.39 is 68.0 Å². The monoisotopic (exact) mass is 642 g/mol. The number of carbonyl (C=O) groups excluding carboxylic acids is 3. The standard InChI is InChI=1S/C31H39FN6O6S/c1-18-27(35-25-21(32)10-8-12-23(25)34-18)44-20-15-24-26(39)36-31(29(41)37-45(42,43)30(2)13-14-30)16-19(31)9-6-4-3-5-7-11-22(33)28(40)38(24)17-20/h6,8-10,12,19-20,22,24H,3-5,7,11,13-17,33H2,1-2H3,(H,36,39)(H,37,41). The third-order valence-electron chi connectivity index (χ3n) is 9.57. The number of nitrogens with one attached hydrogen (secondary N) is 2. The van der Waals surface area contributed by atoms with Crippen molar-refractivity contribution in [2.75, 3.05) is 6.54 Å². The Morgan fingerprint density at radius 1 is 1.20 bits per heavy atom. The van der Waals surface area contributed by atoms with E-state index in [2.05, 4.69) is 20.0 Å². The van der Waals surface area contributed by atoms with Gasteiger partial charge in [0.2, 0.25) is 27.7 Å². The fraction of sp³-hybridized carbons (Fsp3) is 0.581. The van der Waals surface area contributed by atoms with Gasteiger partial charge in [-0.25, -0.2) is 22.8 Å². The number of hydrogen-bond donors (Lipinski definition) is 3. The highest BCUT2D eigenvalue weighted by atomic mass is 32.2. The topological polar surface area (TPSA) is 174 Å². The van der Waals surface area contributed by atoms with Gasteiger partial charge in [-0.3, -0.25) is 19.1 Å². The van der Waals surface area contributed by atoms with Crippen LogP contribution in [0.1, 0.15) is 70.4 Å². The first-order valence-electron chi connectivity index (χ1n) is 15.5. The largest absolute Gasteiger partial charge is 0.471 e. The van der Waals surface area contributed by atoms with Crippen LogP contribution in [0.25, 0.3) is 11.0 Å². The number of para-hydroxylation sites is 1. The molecule has 6 rings (SSSR count). The molecule has 4 N–H and O–H groups in total. The van der Waals surface area contributed by atoms with Crippen LogP contribution >= 0.6 is 0 Å². The van der Waals surface area contributed by atoms with E-state index in [0.29, 0.717) is 30.5 Å². The van der Waals surface area contributed by atoms with E-state index in [1.165, 1.54) is 17.0 Å². The summed E-state index contributed by atoms with van der Waals surface area (Å²) in [6, 6.07) is 2.57. The quantitative estimate of drug-likeness (QED) is 0.413. The average molecular weight is 643 g/mol. The second-order valence-corrected chi connectivity index (χ2v) is 15.2. The molecule has 14 heteroatoms. The zero-order valence-electron chi connectivity index (χ0n) is 25.4.